The first-order valence-corrected chi connectivity index (χ1v) is 19.3. The highest BCUT2D eigenvalue weighted by Crippen LogP contribution is 2.29. The average molecular weight is 761 g/mol. The number of carbonyl (C=O) groups is 5. The van der Waals surface area contributed by atoms with Gasteiger partial charge in [-0.3, -0.25) is 28.9 Å². The van der Waals surface area contributed by atoms with Crippen LogP contribution in [0.2, 0.25) is 0 Å². The quantitative estimate of drug-likeness (QED) is 0.138. The van der Waals surface area contributed by atoms with Crippen LogP contribution in [0.15, 0.2) is 30.3 Å². The number of carbonyl (C=O) groups excluding carboxylic acids is 5. The fourth-order valence-electron chi connectivity index (χ4n) is 7.58. The number of amides is 5. The van der Waals surface area contributed by atoms with Crippen LogP contribution in [0.3, 0.4) is 0 Å². The zero-order valence-electron chi connectivity index (χ0n) is 34.5. The molecule has 0 bridgehead atoms. The molecule has 0 saturated carbocycles. The molecule has 1 aromatic carbocycles. The summed E-state index contributed by atoms with van der Waals surface area (Å²) in [6.07, 6.45) is 0.283. The standard InChI is InChI=1S/C40H68N6O8/c1-12-26(4)36(45(9)34(49)24-42-40(52)35(25(2)3)44(7)8)32(53-10)22-33(48)46-20-16-19-31(46)37(54-11)28(6)38(50)43-30(39(51)41-23-27(5)47)21-29-17-14-13-15-18-29/h13-15,17-18,25-28,30-32,35-37,47H,12,16,19-24H2,1-11H3,(H,41,51)(H,42,52)(H,43,50). The minimum Gasteiger partial charge on any atom is -0.392 e. The van der Waals surface area contributed by atoms with Gasteiger partial charge in [0.15, 0.2) is 0 Å². The minimum atomic E-state index is -0.891. The van der Waals surface area contributed by atoms with E-state index in [0.29, 0.717) is 13.0 Å². The van der Waals surface area contributed by atoms with Crippen LogP contribution in [-0.4, -0.2) is 147 Å². The van der Waals surface area contributed by atoms with Crippen molar-refractivity contribution < 1.29 is 38.6 Å². The van der Waals surface area contributed by atoms with Crippen molar-refractivity contribution in [2.45, 2.75) is 116 Å². The summed E-state index contributed by atoms with van der Waals surface area (Å²) in [4.78, 5) is 72.6. The number of hydrogen-bond acceptors (Lipinski definition) is 9. The molecular weight excluding hydrogens is 692 g/mol. The average Bonchev–Trinajstić information content (AvgIpc) is 3.62. The van der Waals surface area contributed by atoms with Gasteiger partial charge < -0.3 is 40.3 Å². The third-order valence-electron chi connectivity index (χ3n) is 10.7. The van der Waals surface area contributed by atoms with E-state index in [9.17, 15) is 29.1 Å². The second-order valence-corrected chi connectivity index (χ2v) is 15.4. The lowest BCUT2D eigenvalue weighted by Crippen LogP contribution is -2.56. The zero-order valence-corrected chi connectivity index (χ0v) is 34.5. The Bertz CT molecular complexity index is 1340. The van der Waals surface area contributed by atoms with E-state index in [1.54, 1.807) is 30.7 Å². The van der Waals surface area contributed by atoms with Crippen molar-refractivity contribution in [1.82, 2.24) is 30.7 Å². The van der Waals surface area contributed by atoms with Crippen LogP contribution in [-0.2, 0) is 39.9 Å². The largest absolute Gasteiger partial charge is 0.392 e. The summed E-state index contributed by atoms with van der Waals surface area (Å²) in [5, 5.41) is 18.1. The van der Waals surface area contributed by atoms with Crippen LogP contribution in [0.1, 0.15) is 72.8 Å². The van der Waals surface area contributed by atoms with Crippen LogP contribution in [0, 0.1) is 17.8 Å². The maximum Gasteiger partial charge on any atom is 0.243 e. The molecule has 1 aromatic rings. The number of likely N-dealkylation sites (tertiary alicyclic amines) is 1. The molecule has 0 aliphatic carbocycles. The third-order valence-corrected chi connectivity index (χ3v) is 10.7. The number of ether oxygens (including phenoxy) is 2. The Hall–Kier alpha value is -3.59. The van der Waals surface area contributed by atoms with E-state index in [-0.39, 0.29) is 61.5 Å². The Labute approximate surface area is 323 Å². The van der Waals surface area contributed by atoms with Crippen molar-refractivity contribution in [2.24, 2.45) is 17.8 Å². The first kappa shape index (κ1) is 46.6. The fraction of sp³-hybridized carbons (Fsp3) is 0.725. The molecular formula is C40H68N6O8. The Balaban J connectivity index is 2.21. The van der Waals surface area contributed by atoms with E-state index in [4.69, 9.17) is 9.47 Å². The zero-order chi connectivity index (χ0) is 40.7. The Morgan fingerprint density at radius 1 is 0.926 bits per heavy atom. The summed E-state index contributed by atoms with van der Waals surface area (Å²) in [5.74, 6) is -2.17. The van der Waals surface area contributed by atoms with Gasteiger partial charge in [-0.15, -0.1) is 0 Å². The van der Waals surface area contributed by atoms with Crippen LogP contribution in [0.5, 0.6) is 0 Å². The molecule has 1 saturated heterocycles. The molecule has 9 unspecified atom stereocenters. The van der Waals surface area contributed by atoms with Gasteiger partial charge in [-0.05, 0) is 51.3 Å². The number of benzene rings is 1. The molecule has 9 atom stereocenters. The molecule has 1 aliphatic heterocycles. The summed E-state index contributed by atoms with van der Waals surface area (Å²) < 4.78 is 11.9. The molecule has 1 heterocycles. The number of nitrogens with zero attached hydrogens (tertiary/aromatic N) is 3. The number of aliphatic hydroxyl groups excluding tert-OH is 1. The Morgan fingerprint density at radius 3 is 2.11 bits per heavy atom. The highest BCUT2D eigenvalue weighted by Gasteiger charge is 2.42. The maximum absolute atomic E-state index is 14.1. The highest BCUT2D eigenvalue weighted by atomic mass is 16.5. The Morgan fingerprint density at radius 2 is 1.57 bits per heavy atom. The van der Waals surface area contributed by atoms with E-state index in [1.807, 2.05) is 77.0 Å². The molecule has 0 radical (unpaired) electrons. The monoisotopic (exact) mass is 761 g/mol. The van der Waals surface area contributed by atoms with E-state index in [0.717, 1.165) is 18.4 Å². The van der Waals surface area contributed by atoms with Crippen molar-refractivity contribution in [3.8, 4) is 0 Å². The lowest BCUT2D eigenvalue weighted by atomic mass is 9.90. The van der Waals surface area contributed by atoms with Crippen molar-refractivity contribution >= 4 is 29.5 Å². The van der Waals surface area contributed by atoms with E-state index in [1.165, 1.54) is 14.2 Å². The van der Waals surface area contributed by atoms with Crippen molar-refractivity contribution in [1.29, 1.82) is 0 Å². The molecule has 5 amide bonds. The van der Waals surface area contributed by atoms with E-state index >= 15 is 0 Å². The lowest BCUT2D eigenvalue weighted by molar-refractivity contribution is -0.146. The first-order valence-electron chi connectivity index (χ1n) is 19.3. The van der Waals surface area contributed by atoms with Gasteiger partial charge in [-0.1, -0.05) is 71.4 Å². The van der Waals surface area contributed by atoms with E-state index in [2.05, 4.69) is 16.0 Å². The summed E-state index contributed by atoms with van der Waals surface area (Å²) in [6, 6.07) is 7.23. The SMILES string of the molecule is CCC(C)C(C(CC(=O)N1CCCC1C(OC)C(C)C(=O)NC(Cc1ccccc1)C(=O)NCC(C)O)OC)N(C)C(=O)CNC(=O)C(C(C)C)N(C)C. The number of likely N-dealkylation sites (N-methyl/N-ethyl adjacent to an activating group) is 2. The van der Waals surface area contributed by atoms with Crippen molar-refractivity contribution in [2.75, 3.05) is 55.0 Å². The summed E-state index contributed by atoms with van der Waals surface area (Å²) in [5.41, 5.74) is 0.864. The normalized spacial score (nSPS) is 18.9. The molecule has 1 aliphatic rings. The van der Waals surface area contributed by atoms with Gasteiger partial charge in [-0.2, -0.15) is 0 Å². The summed E-state index contributed by atoms with van der Waals surface area (Å²) in [6.45, 7) is 11.6. The number of rotatable bonds is 22. The minimum absolute atomic E-state index is 0.00164. The smallest absolute Gasteiger partial charge is 0.243 e. The maximum atomic E-state index is 14.1. The molecule has 306 valence electrons. The van der Waals surface area contributed by atoms with Gasteiger partial charge in [-0.25, -0.2) is 0 Å². The van der Waals surface area contributed by atoms with Gasteiger partial charge in [0.1, 0.15) is 6.04 Å². The van der Waals surface area contributed by atoms with Crippen molar-refractivity contribution in [3.63, 3.8) is 0 Å². The third kappa shape index (κ3) is 13.3. The van der Waals surface area contributed by atoms with Crippen LogP contribution < -0.4 is 16.0 Å². The predicted octanol–water partition coefficient (Wildman–Crippen LogP) is 1.83. The van der Waals surface area contributed by atoms with E-state index < -0.39 is 54.2 Å². The van der Waals surface area contributed by atoms with Gasteiger partial charge in [0.25, 0.3) is 0 Å². The molecule has 2 rings (SSSR count). The van der Waals surface area contributed by atoms with Crippen LogP contribution in [0.25, 0.3) is 0 Å². The van der Waals surface area contributed by atoms with Crippen LogP contribution >= 0.6 is 0 Å². The number of methoxy groups -OCH3 is 2. The second kappa shape index (κ2) is 22.7. The van der Waals surface area contributed by atoms with Gasteiger partial charge in [0, 0.05) is 40.8 Å². The second-order valence-electron chi connectivity index (χ2n) is 15.4. The molecule has 14 nitrogen and oxygen atoms in total. The highest BCUT2D eigenvalue weighted by molar-refractivity contribution is 5.89. The predicted molar refractivity (Wildman–Crippen MR) is 208 cm³/mol. The van der Waals surface area contributed by atoms with Crippen molar-refractivity contribution in [3.05, 3.63) is 35.9 Å². The number of nitrogens with one attached hydrogen (secondary N) is 3. The van der Waals surface area contributed by atoms with Crippen LogP contribution in [0.4, 0.5) is 0 Å². The molecule has 54 heavy (non-hydrogen) atoms. The Kier molecular flexibility index (Phi) is 19.6. The van der Waals surface area contributed by atoms with Gasteiger partial charge in [0.05, 0.1) is 55.3 Å². The molecule has 14 heteroatoms. The van der Waals surface area contributed by atoms with Gasteiger partial charge in [0.2, 0.25) is 29.5 Å². The summed E-state index contributed by atoms with van der Waals surface area (Å²) >= 11 is 0. The van der Waals surface area contributed by atoms with Gasteiger partial charge >= 0.3 is 0 Å². The number of hydrogen-bond donors (Lipinski definition) is 4. The molecule has 0 aromatic heterocycles. The topological polar surface area (TPSA) is 170 Å². The lowest BCUT2D eigenvalue weighted by Gasteiger charge is -2.39. The number of aliphatic hydroxyl groups is 1. The summed E-state index contributed by atoms with van der Waals surface area (Å²) in [7, 11) is 8.40. The molecule has 0 spiro atoms. The molecule has 4 N–H and O–H groups in total. The molecule has 1 fully saturated rings. The fourth-order valence-corrected chi connectivity index (χ4v) is 7.58. The first-order chi connectivity index (χ1) is 25.5.